The molecule has 3 heteroatoms. The van der Waals surface area contributed by atoms with E-state index in [9.17, 15) is 0 Å². The van der Waals surface area contributed by atoms with E-state index >= 15 is 0 Å². The third kappa shape index (κ3) is 6.11. The first-order chi connectivity index (χ1) is 27.3. The molecule has 2 nitrogen and oxygen atoms in total. The lowest BCUT2D eigenvalue weighted by Gasteiger charge is -2.31. The lowest BCUT2D eigenvalue weighted by molar-refractivity contribution is 1.26. The predicted octanol–water partition coefficient (Wildman–Crippen LogP) is 15.5. The number of rotatable bonds is 8. The van der Waals surface area contributed by atoms with Crippen molar-refractivity contribution in [1.82, 2.24) is 0 Å². The van der Waals surface area contributed by atoms with E-state index in [4.69, 9.17) is 0 Å². The molecule has 1 heterocycles. The molecule has 0 radical (unpaired) electrons. The second-order valence-electron chi connectivity index (χ2n) is 13.8. The van der Waals surface area contributed by atoms with Crippen LogP contribution in [-0.4, -0.2) is 0 Å². The van der Waals surface area contributed by atoms with Crippen LogP contribution < -0.4 is 9.80 Å². The van der Waals surface area contributed by atoms with Crippen LogP contribution in [-0.2, 0) is 0 Å². The van der Waals surface area contributed by atoms with E-state index < -0.39 is 0 Å². The van der Waals surface area contributed by atoms with Crippen molar-refractivity contribution in [2.75, 3.05) is 9.80 Å². The van der Waals surface area contributed by atoms with Crippen molar-refractivity contribution in [3.05, 3.63) is 218 Å². The minimum atomic E-state index is 1.09. The van der Waals surface area contributed by atoms with Crippen LogP contribution in [0.15, 0.2) is 218 Å². The number of nitrogens with zero attached hydrogens (tertiary/aromatic N) is 2. The third-order valence-electron chi connectivity index (χ3n) is 10.4. The van der Waals surface area contributed by atoms with Gasteiger partial charge in [0, 0.05) is 43.8 Å². The molecular weight excluding hydrogens is 685 g/mol. The summed E-state index contributed by atoms with van der Waals surface area (Å²) < 4.78 is 2.51. The minimum absolute atomic E-state index is 1.09. The molecule has 0 spiro atoms. The smallest absolute Gasteiger partial charge is 0.0661 e. The van der Waals surface area contributed by atoms with Gasteiger partial charge in [0.25, 0.3) is 0 Å². The molecule has 0 amide bonds. The van der Waals surface area contributed by atoms with Crippen LogP contribution in [0.2, 0.25) is 0 Å². The number of hydrogen-bond donors (Lipinski definition) is 0. The average Bonchev–Trinajstić information content (AvgIpc) is 3.62. The van der Waals surface area contributed by atoms with Gasteiger partial charge in [0.15, 0.2) is 0 Å². The van der Waals surface area contributed by atoms with Gasteiger partial charge in [0.1, 0.15) is 0 Å². The Morgan fingerprint density at radius 3 is 1.56 bits per heavy atom. The molecule has 0 bridgehead atoms. The molecule has 1 aromatic heterocycles. The Bertz CT molecular complexity index is 2920. The van der Waals surface area contributed by atoms with E-state index in [0.29, 0.717) is 0 Å². The molecule has 0 saturated carbocycles. The van der Waals surface area contributed by atoms with Crippen LogP contribution in [0.5, 0.6) is 0 Å². The summed E-state index contributed by atoms with van der Waals surface area (Å²) in [6.45, 7) is 0. The van der Waals surface area contributed by atoms with Crippen LogP contribution >= 0.6 is 11.3 Å². The monoisotopic (exact) mass is 720 g/mol. The number of hydrogen-bond acceptors (Lipinski definition) is 3. The summed E-state index contributed by atoms with van der Waals surface area (Å²) in [5.41, 5.74) is 11.4. The normalized spacial score (nSPS) is 11.3. The van der Waals surface area contributed by atoms with Gasteiger partial charge in [-0.3, -0.25) is 0 Å². The zero-order valence-electron chi connectivity index (χ0n) is 30.1. The fraction of sp³-hybridized carbons (Fsp3) is 0. The predicted molar refractivity (Wildman–Crippen MR) is 237 cm³/mol. The first-order valence-corrected chi connectivity index (χ1v) is 19.5. The van der Waals surface area contributed by atoms with Gasteiger partial charge >= 0.3 is 0 Å². The molecule has 55 heavy (non-hydrogen) atoms. The second-order valence-corrected chi connectivity index (χ2v) is 14.8. The van der Waals surface area contributed by atoms with Crippen molar-refractivity contribution < 1.29 is 0 Å². The molecule has 0 aliphatic carbocycles. The van der Waals surface area contributed by atoms with Crippen molar-refractivity contribution in [1.29, 1.82) is 0 Å². The van der Waals surface area contributed by atoms with E-state index in [-0.39, 0.29) is 0 Å². The van der Waals surface area contributed by atoms with Gasteiger partial charge < -0.3 is 9.80 Å². The summed E-state index contributed by atoms with van der Waals surface area (Å²) in [6.07, 6.45) is 0. The van der Waals surface area contributed by atoms with Gasteiger partial charge in [0.2, 0.25) is 0 Å². The quantitative estimate of drug-likeness (QED) is 0.154. The Morgan fingerprint density at radius 1 is 0.309 bits per heavy atom. The van der Waals surface area contributed by atoms with E-state index in [1.165, 1.54) is 53.2 Å². The van der Waals surface area contributed by atoms with E-state index in [2.05, 4.69) is 228 Å². The molecule has 260 valence electrons. The number of thiophene rings is 1. The van der Waals surface area contributed by atoms with Crippen molar-refractivity contribution in [3.63, 3.8) is 0 Å². The van der Waals surface area contributed by atoms with Gasteiger partial charge in [0.05, 0.1) is 16.1 Å². The summed E-state index contributed by atoms with van der Waals surface area (Å²) in [7, 11) is 0. The fourth-order valence-corrected chi connectivity index (χ4v) is 9.04. The zero-order valence-corrected chi connectivity index (χ0v) is 30.9. The Labute approximate surface area is 325 Å². The average molecular weight is 721 g/mol. The van der Waals surface area contributed by atoms with Gasteiger partial charge in [-0.2, -0.15) is 0 Å². The van der Waals surface area contributed by atoms with E-state index in [1.807, 2.05) is 11.3 Å². The molecule has 0 fully saturated rings. The number of fused-ring (bicyclic) bond motifs is 4. The summed E-state index contributed by atoms with van der Waals surface area (Å²) >= 11 is 1.87. The summed E-state index contributed by atoms with van der Waals surface area (Å²) in [4.78, 5) is 4.87. The highest BCUT2D eigenvalue weighted by molar-refractivity contribution is 7.26. The van der Waals surface area contributed by atoms with Crippen LogP contribution in [0.4, 0.5) is 34.1 Å². The standard InChI is InChI=1S/C52H36N2S/c1-5-18-37(19-6-1)39-24-17-29-44(32-39)53(42-25-9-3-10-26-42)45-35-48-47-33-40-22-13-14-23-41(40)34-51(47)55-52(48)50(36-45)54(43-27-11-4-12-28-43)49-31-16-15-30-46(49)38-20-7-2-8-21-38/h1-36H. The molecule has 0 atom stereocenters. The topological polar surface area (TPSA) is 6.48 Å². The van der Waals surface area contributed by atoms with Crippen LogP contribution in [0.25, 0.3) is 53.2 Å². The molecular formula is C52H36N2S. The van der Waals surface area contributed by atoms with Gasteiger partial charge in [-0.05, 0) is 94.2 Å². The van der Waals surface area contributed by atoms with Crippen molar-refractivity contribution in [3.8, 4) is 22.3 Å². The highest BCUT2D eigenvalue weighted by atomic mass is 32.1. The fourth-order valence-electron chi connectivity index (χ4n) is 7.82. The van der Waals surface area contributed by atoms with Gasteiger partial charge in [-0.25, -0.2) is 0 Å². The highest BCUT2D eigenvalue weighted by Gasteiger charge is 2.24. The SMILES string of the molecule is c1ccc(-c2cccc(N(c3ccccc3)c3cc(N(c4ccccc4)c4ccccc4-c4ccccc4)c4sc5cc6ccccc6cc5c4c3)c2)cc1. The number of benzene rings is 9. The summed E-state index contributed by atoms with van der Waals surface area (Å²) in [5, 5.41) is 4.99. The van der Waals surface area contributed by atoms with Gasteiger partial charge in [-0.1, -0.05) is 152 Å². The molecule has 0 saturated heterocycles. The summed E-state index contributed by atoms with van der Waals surface area (Å²) in [5.74, 6) is 0. The Morgan fingerprint density at radius 2 is 0.855 bits per heavy atom. The second kappa shape index (κ2) is 14.1. The largest absolute Gasteiger partial charge is 0.310 e. The molecule has 0 aliphatic rings. The molecule has 0 unspecified atom stereocenters. The maximum Gasteiger partial charge on any atom is 0.0661 e. The minimum Gasteiger partial charge on any atom is -0.310 e. The molecule has 10 rings (SSSR count). The molecule has 0 aliphatic heterocycles. The molecule has 10 aromatic rings. The Balaban J connectivity index is 1.30. The first-order valence-electron chi connectivity index (χ1n) is 18.7. The maximum atomic E-state index is 2.47. The van der Waals surface area contributed by atoms with E-state index in [1.54, 1.807) is 0 Å². The lowest BCUT2D eigenvalue weighted by Crippen LogP contribution is -2.14. The van der Waals surface area contributed by atoms with Gasteiger partial charge in [-0.15, -0.1) is 11.3 Å². The van der Waals surface area contributed by atoms with Crippen molar-refractivity contribution in [2.24, 2.45) is 0 Å². The van der Waals surface area contributed by atoms with Crippen LogP contribution in [0.1, 0.15) is 0 Å². The Hall–Kier alpha value is -6.94. The maximum absolute atomic E-state index is 2.47. The molecule has 0 N–H and O–H groups in total. The highest BCUT2D eigenvalue weighted by Crippen LogP contribution is 2.51. The number of anilines is 6. The third-order valence-corrected chi connectivity index (χ3v) is 11.6. The summed E-state index contributed by atoms with van der Waals surface area (Å²) in [6, 6.07) is 78.9. The van der Waals surface area contributed by atoms with E-state index in [0.717, 1.165) is 34.1 Å². The zero-order chi connectivity index (χ0) is 36.6. The van der Waals surface area contributed by atoms with Crippen LogP contribution in [0, 0.1) is 0 Å². The van der Waals surface area contributed by atoms with Crippen molar-refractivity contribution >= 4 is 76.4 Å². The number of para-hydroxylation sites is 3. The Kier molecular flexibility index (Phi) is 8.40. The molecule has 9 aromatic carbocycles. The lowest BCUT2D eigenvalue weighted by atomic mass is 10.0. The van der Waals surface area contributed by atoms with Crippen molar-refractivity contribution in [2.45, 2.75) is 0 Å². The van der Waals surface area contributed by atoms with Crippen LogP contribution in [0.3, 0.4) is 0 Å². The first kappa shape index (κ1) is 32.7.